The van der Waals surface area contributed by atoms with Gasteiger partial charge in [0, 0.05) is 55.6 Å². The summed E-state index contributed by atoms with van der Waals surface area (Å²) in [7, 11) is -3.09. The Morgan fingerprint density at radius 3 is 2.21 bits per heavy atom. The number of aromatic nitrogens is 1. The van der Waals surface area contributed by atoms with E-state index in [4.69, 9.17) is 4.74 Å². The number of likely N-dealkylation sites (tertiary alicyclic amines) is 1. The number of anilines is 2. The van der Waals surface area contributed by atoms with E-state index in [-0.39, 0.29) is 31.1 Å². The number of sulfone groups is 1. The predicted molar refractivity (Wildman–Crippen MR) is 169 cm³/mol. The summed E-state index contributed by atoms with van der Waals surface area (Å²) in [6.07, 6.45) is 4.61. The molecule has 0 unspecified atom stereocenters. The van der Waals surface area contributed by atoms with Crippen LogP contribution in [-0.2, 0) is 22.1 Å². The maximum atomic E-state index is 13.4. The fourth-order valence-corrected chi connectivity index (χ4v) is 5.83. The number of ether oxygens (including phenoxy) is 1. The molecule has 0 aliphatic carbocycles. The Labute approximate surface area is 253 Å². The van der Waals surface area contributed by atoms with Crippen LogP contribution in [0.2, 0.25) is 0 Å². The van der Waals surface area contributed by atoms with Crippen molar-refractivity contribution in [3.63, 3.8) is 0 Å². The second-order valence-corrected chi connectivity index (χ2v) is 12.6. The number of carbonyl (C=O) groups excluding carboxylic acids is 1. The van der Waals surface area contributed by atoms with E-state index in [1.165, 1.54) is 18.4 Å². The molecule has 1 aliphatic rings. The van der Waals surface area contributed by atoms with Gasteiger partial charge in [0.15, 0.2) is 9.84 Å². The minimum Gasteiger partial charge on any atom is -0.439 e. The van der Waals surface area contributed by atoms with Crippen LogP contribution < -0.4 is 15.0 Å². The fourth-order valence-electron chi connectivity index (χ4n) is 5.04. The second-order valence-electron chi connectivity index (χ2n) is 10.5. The van der Waals surface area contributed by atoms with Gasteiger partial charge in [-0.05, 0) is 72.5 Å². The Morgan fingerprint density at radius 2 is 1.60 bits per heavy atom. The lowest BCUT2D eigenvalue weighted by Gasteiger charge is -2.38. The topological polar surface area (TPSA) is 91.8 Å². The molecule has 1 N–H and O–H groups in total. The number of halogens is 1. The van der Waals surface area contributed by atoms with Gasteiger partial charge in [0.2, 0.25) is 5.88 Å². The summed E-state index contributed by atoms with van der Waals surface area (Å²) >= 11 is 0. The zero-order valence-corrected chi connectivity index (χ0v) is 24.1. The molecule has 2 heterocycles. The van der Waals surface area contributed by atoms with Crippen molar-refractivity contribution < 1.29 is 22.3 Å². The molecule has 0 saturated carbocycles. The van der Waals surface area contributed by atoms with E-state index < -0.39 is 9.84 Å². The minimum atomic E-state index is -3.09. The van der Waals surface area contributed by atoms with Crippen molar-refractivity contribution in [2.24, 2.45) is 0 Å². The number of pyridine rings is 1. The van der Waals surface area contributed by atoms with Crippen LogP contribution in [0.25, 0.3) is 0 Å². The highest BCUT2D eigenvalue weighted by Crippen LogP contribution is 2.26. The summed E-state index contributed by atoms with van der Waals surface area (Å²) < 4.78 is 42.1. The Bertz CT molecular complexity index is 1580. The van der Waals surface area contributed by atoms with Gasteiger partial charge in [0.25, 0.3) is 0 Å². The number of nitrogens with zero attached hydrogens (tertiary/aromatic N) is 3. The van der Waals surface area contributed by atoms with Crippen molar-refractivity contribution in [3.05, 3.63) is 114 Å². The number of hydrogen-bond acceptors (Lipinski definition) is 6. The standard InChI is InChI=1S/C32H33FN4O4S.CH4/c1-42(39,40)23-24-7-14-30(15-8-24)41-31-16-9-25(21-34-31)22-36-19-17-29(18-20-36)37(28-5-3-2-4-6-28)32(38)35-27-12-10-26(33)11-13-27;/h2-16,21,29H,17-20,22-23H2,1H3,(H,35,38);1H4. The third-order valence-electron chi connectivity index (χ3n) is 7.05. The van der Waals surface area contributed by atoms with Gasteiger partial charge in [0.05, 0.1) is 5.75 Å². The molecule has 0 bridgehead atoms. The largest absolute Gasteiger partial charge is 0.439 e. The highest BCUT2D eigenvalue weighted by molar-refractivity contribution is 7.89. The zero-order valence-electron chi connectivity index (χ0n) is 23.3. The van der Waals surface area contributed by atoms with E-state index in [2.05, 4.69) is 15.2 Å². The van der Waals surface area contributed by atoms with Crippen molar-refractivity contribution in [1.29, 1.82) is 0 Å². The van der Waals surface area contributed by atoms with E-state index >= 15 is 0 Å². The van der Waals surface area contributed by atoms with Gasteiger partial charge < -0.3 is 10.1 Å². The van der Waals surface area contributed by atoms with Gasteiger partial charge in [-0.2, -0.15) is 0 Å². The average molecular weight is 605 g/mol. The molecule has 0 radical (unpaired) electrons. The van der Waals surface area contributed by atoms with Crippen LogP contribution in [0.15, 0.2) is 97.2 Å². The molecule has 1 aromatic heterocycles. The summed E-state index contributed by atoms with van der Waals surface area (Å²) in [5, 5.41) is 2.91. The molecule has 3 aromatic carbocycles. The maximum Gasteiger partial charge on any atom is 0.326 e. The molecule has 10 heteroatoms. The smallest absolute Gasteiger partial charge is 0.326 e. The van der Waals surface area contributed by atoms with Crippen molar-refractivity contribution in [3.8, 4) is 11.6 Å². The molecule has 1 saturated heterocycles. The number of urea groups is 1. The lowest BCUT2D eigenvalue weighted by molar-refractivity contribution is 0.199. The highest BCUT2D eigenvalue weighted by atomic mass is 32.2. The fraction of sp³-hybridized carbons (Fsp3) is 0.273. The van der Waals surface area contributed by atoms with Gasteiger partial charge in [0.1, 0.15) is 11.6 Å². The third-order valence-corrected chi connectivity index (χ3v) is 7.91. The SMILES string of the molecule is C.CS(=O)(=O)Cc1ccc(Oc2ccc(CN3CCC(N(C(=O)Nc4ccc(F)cc4)c4ccccc4)CC3)cn2)cc1. The molecule has 0 spiro atoms. The first-order valence-corrected chi connectivity index (χ1v) is 15.8. The number of piperidine rings is 1. The second kappa shape index (κ2) is 14.3. The van der Waals surface area contributed by atoms with Crippen LogP contribution >= 0.6 is 0 Å². The monoisotopic (exact) mass is 604 g/mol. The van der Waals surface area contributed by atoms with Crippen LogP contribution in [0.4, 0.5) is 20.6 Å². The zero-order chi connectivity index (χ0) is 29.5. The lowest BCUT2D eigenvalue weighted by Crippen LogP contribution is -2.49. The summed E-state index contributed by atoms with van der Waals surface area (Å²) in [5.41, 5.74) is 3.12. The van der Waals surface area contributed by atoms with Gasteiger partial charge in [-0.15, -0.1) is 0 Å². The van der Waals surface area contributed by atoms with Gasteiger partial charge in [-0.3, -0.25) is 9.80 Å². The van der Waals surface area contributed by atoms with Crippen LogP contribution in [0, 0.1) is 5.82 Å². The molecule has 8 nitrogen and oxygen atoms in total. The van der Waals surface area contributed by atoms with E-state index in [0.717, 1.165) is 43.7 Å². The summed E-state index contributed by atoms with van der Waals surface area (Å²) in [6.45, 7) is 2.36. The molecule has 1 fully saturated rings. The number of amides is 2. The van der Waals surface area contributed by atoms with E-state index in [1.807, 2.05) is 47.4 Å². The Morgan fingerprint density at radius 1 is 0.953 bits per heavy atom. The summed E-state index contributed by atoms with van der Waals surface area (Å²) in [5.74, 6) is 0.682. The number of rotatable bonds is 9. The van der Waals surface area contributed by atoms with Crippen molar-refractivity contribution >= 4 is 27.2 Å². The Hall–Kier alpha value is -4.28. The van der Waals surface area contributed by atoms with Crippen molar-refractivity contribution in [2.45, 2.75) is 38.6 Å². The third kappa shape index (κ3) is 9.10. The molecule has 4 aromatic rings. The van der Waals surface area contributed by atoms with Gasteiger partial charge in [-0.25, -0.2) is 22.6 Å². The quantitative estimate of drug-likeness (QED) is 0.224. The first kappa shape index (κ1) is 31.7. The summed E-state index contributed by atoms with van der Waals surface area (Å²) in [4.78, 5) is 22.0. The van der Waals surface area contributed by atoms with Gasteiger partial charge >= 0.3 is 6.03 Å². The number of carbonyl (C=O) groups is 1. The molecule has 1 aliphatic heterocycles. The van der Waals surface area contributed by atoms with Crippen LogP contribution in [0.1, 0.15) is 31.4 Å². The molecule has 5 rings (SSSR count). The number of nitrogens with one attached hydrogen (secondary N) is 1. The summed E-state index contributed by atoms with van der Waals surface area (Å²) in [6, 6.07) is 25.9. The predicted octanol–water partition coefficient (Wildman–Crippen LogP) is 6.90. The van der Waals surface area contributed by atoms with Crippen molar-refractivity contribution in [2.75, 3.05) is 29.6 Å². The molecule has 0 atom stereocenters. The Balaban J connectivity index is 0.00000423. The Kier molecular flexibility index (Phi) is 10.5. The van der Waals surface area contributed by atoms with Crippen LogP contribution in [0.3, 0.4) is 0 Å². The molecule has 226 valence electrons. The average Bonchev–Trinajstić information content (AvgIpc) is 2.97. The molecular formula is C33H37FN4O4S. The number of benzene rings is 3. The van der Waals surface area contributed by atoms with Gasteiger partial charge in [-0.1, -0.05) is 43.8 Å². The number of para-hydroxylation sites is 1. The normalized spacial score (nSPS) is 14.0. The maximum absolute atomic E-state index is 13.4. The molecular weight excluding hydrogens is 567 g/mol. The highest BCUT2D eigenvalue weighted by Gasteiger charge is 2.29. The molecule has 43 heavy (non-hydrogen) atoms. The van der Waals surface area contributed by atoms with Crippen LogP contribution in [0.5, 0.6) is 11.6 Å². The first-order valence-electron chi connectivity index (χ1n) is 13.7. The van der Waals surface area contributed by atoms with E-state index in [9.17, 15) is 17.6 Å². The van der Waals surface area contributed by atoms with E-state index in [1.54, 1.807) is 42.6 Å². The van der Waals surface area contributed by atoms with Crippen molar-refractivity contribution in [1.82, 2.24) is 9.88 Å². The lowest BCUT2D eigenvalue weighted by atomic mass is 10.0. The number of hydrogen-bond donors (Lipinski definition) is 1. The van der Waals surface area contributed by atoms with Crippen LogP contribution in [-0.4, -0.2) is 49.7 Å². The van der Waals surface area contributed by atoms with E-state index in [0.29, 0.717) is 22.9 Å². The molecule has 2 amide bonds. The minimum absolute atomic E-state index is 0. The first-order chi connectivity index (χ1) is 20.2.